The highest BCUT2D eigenvalue weighted by molar-refractivity contribution is 9.10. The minimum absolute atomic E-state index is 0.118. The summed E-state index contributed by atoms with van der Waals surface area (Å²) in [5.74, 6) is 0.534. The summed E-state index contributed by atoms with van der Waals surface area (Å²) in [6.07, 6.45) is 0.860. The van der Waals surface area contributed by atoms with Gasteiger partial charge in [0.1, 0.15) is 5.75 Å². The smallest absolute Gasteiger partial charge is 0.320 e. The molecule has 3 rings (SSSR count). The number of carbonyl (C=O) groups is 2. The standard InChI is InChI=1S/C21H21BrN2O3/c1-3-11-27-17-10-9-15(22)12-16(17)20-18(13(2)25)19(23-21(26)24-20)14-7-5-4-6-8-14/h4-10,12,20H,3,11H2,1-2H3,(H2,23,24,26). The Balaban J connectivity index is 2.18. The molecule has 27 heavy (non-hydrogen) atoms. The molecule has 1 aliphatic rings. The van der Waals surface area contributed by atoms with Gasteiger partial charge in [0, 0.05) is 15.6 Å². The molecule has 1 unspecified atom stereocenters. The van der Waals surface area contributed by atoms with Crippen molar-refractivity contribution >= 4 is 33.4 Å². The molecule has 6 heteroatoms. The van der Waals surface area contributed by atoms with Crippen molar-refractivity contribution in [3.63, 3.8) is 0 Å². The minimum atomic E-state index is -0.601. The van der Waals surface area contributed by atoms with E-state index in [1.165, 1.54) is 6.92 Å². The van der Waals surface area contributed by atoms with Gasteiger partial charge in [-0.3, -0.25) is 4.79 Å². The predicted octanol–water partition coefficient (Wildman–Crippen LogP) is 4.59. The number of carbonyl (C=O) groups excluding carboxylic acids is 2. The van der Waals surface area contributed by atoms with Gasteiger partial charge in [-0.2, -0.15) is 0 Å². The van der Waals surface area contributed by atoms with Crippen LogP contribution in [0.1, 0.15) is 37.4 Å². The Morgan fingerprint density at radius 3 is 2.59 bits per heavy atom. The maximum Gasteiger partial charge on any atom is 0.320 e. The fourth-order valence-electron chi connectivity index (χ4n) is 3.10. The monoisotopic (exact) mass is 428 g/mol. The van der Waals surface area contributed by atoms with E-state index in [0.717, 1.165) is 22.0 Å². The second-order valence-corrected chi connectivity index (χ2v) is 7.19. The normalized spacial score (nSPS) is 16.6. The van der Waals surface area contributed by atoms with Crippen molar-refractivity contribution in [3.05, 3.63) is 69.7 Å². The van der Waals surface area contributed by atoms with Crippen LogP contribution in [0, 0.1) is 0 Å². The molecule has 1 heterocycles. The van der Waals surface area contributed by atoms with E-state index < -0.39 is 6.04 Å². The van der Waals surface area contributed by atoms with Crippen molar-refractivity contribution in [2.24, 2.45) is 0 Å². The van der Waals surface area contributed by atoms with E-state index in [0.29, 0.717) is 23.6 Å². The molecule has 1 aliphatic heterocycles. The number of ketones is 1. The number of urea groups is 1. The van der Waals surface area contributed by atoms with Gasteiger partial charge in [0.2, 0.25) is 0 Å². The first-order chi connectivity index (χ1) is 13.0. The van der Waals surface area contributed by atoms with Crippen LogP contribution in [0.3, 0.4) is 0 Å². The maximum atomic E-state index is 12.6. The van der Waals surface area contributed by atoms with Gasteiger partial charge in [-0.25, -0.2) is 4.79 Å². The van der Waals surface area contributed by atoms with Crippen LogP contribution in [-0.4, -0.2) is 18.4 Å². The highest BCUT2D eigenvalue weighted by atomic mass is 79.9. The molecule has 0 fully saturated rings. The second kappa shape index (κ2) is 8.39. The summed E-state index contributed by atoms with van der Waals surface area (Å²) in [5.41, 5.74) is 2.55. The summed E-state index contributed by atoms with van der Waals surface area (Å²) in [7, 11) is 0. The third kappa shape index (κ3) is 4.22. The molecule has 0 spiro atoms. The van der Waals surface area contributed by atoms with Gasteiger partial charge in [0.05, 0.1) is 18.3 Å². The first-order valence-electron chi connectivity index (χ1n) is 8.81. The topological polar surface area (TPSA) is 67.4 Å². The van der Waals surface area contributed by atoms with Crippen LogP contribution in [0.15, 0.2) is 58.6 Å². The number of amides is 2. The van der Waals surface area contributed by atoms with E-state index in [2.05, 4.69) is 26.6 Å². The third-order valence-corrected chi connectivity index (χ3v) is 4.75. The second-order valence-electron chi connectivity index (χ2n) is 6.27. The number of hydrogen-bond acceptors (Lipinski definition) is 3. The SMILES string of the molecule is CCCOc1ccc(Br)cc1C1NC(=O)NC(c2ccccc2)=C1C(C)=O. The van der Waals surface area contributed by atoms with Crippen LogP contribution in [0.4, 0.5) is 4.79 Å². The van der Waals surface area contributed by atoms with Crippen LogP contribution in [0.5, 0.6) is 5.75 Å². The number of hydrogen-bond donors (Lipinski definition) is 2. The number of nitrogens with one attached hydrogen (secondary N) is 2. The molecule has 140 valence electrons. The van der Waals surface area contributed by atoms with Crippen molar-refractivity contribution < 1.29 is 14.3 Å². The first-order valence-corrected chi connectivity index (χ1v) is 9.60. The highest BCUT2D eigenvalue weighted by Crippen LogP contribution is 2.37. The van der Waals surface area contributed by atoms with Crippen molar-refractivity contribution in [1.82, 2.24) is 10.6 Å². The lowest BCUT2D eigenvalue weighted by molar-refractivity contribution is -0.113. The molecule has 0 aliphatic carbocycles. The largest absolute Gasteiger partial charge is 0.493 e. The quantitative estimate of drug-likeness (QED) is 0.706. The molecule has 1 atom stereocenters. The molecule has 2 aromatic rings. The van der Waals surface area contributed by atoms with Gasteiger partial charge in [0.25, 0.3) is 0 Å². The van der Waals surface area contributed by atoms with Crippen LogP contribution < -0.4 is 15.4 Å². The zero-order chi connectivity index (χ0) is 19.4. The fourth-order valence-corrected chi connectivity index (χ4v) is 3.48. The first kappa shape index (κ1) is 19.2. The van der Waals surface area contributed by atoms with Crippen molar-refractivity contribution in [2.45, 2.75) is 26.3 Å². The Bertz CT molecular complexity index is 894. The van der Waals surface area contributed by atoms with Crippen LogP contribution in [0.25, 0.3) is 5.70 Å². The molecular formula is C21H21BrN2O3. The van der Waals surface area contributed by atoms with Crippen LogP contribution in [-0.2, 0) is 4.79 Å². The van der Waals surface area contributed by atoms with E-state index >= 15 is 0 Å². The number of Topliss-reactive ketones (excluding diaryl/α,β-unsaturated/α-hetero) is 1. The molecule has 2 N–H and O–H groups in total. The molecule has 2 aromatic carbocycles. The average molecular weight is 429 g/mol. The lowest BCUT2D eigenvalue weighted by Gasteiger charge is -2.30. The summed E-state index contributed by atoms with van der Waals surface area (Å²) in [6.45, 7) is 4.09. The fraction of sp³-hybridized carbons (Fsp3) is 0.238. The molecule has 2 amide bonds. The Morgan fingerprint density at radius 1 is 1.19 bits per heavy atom. The number of ether oxygens (including phenoxy) is 1. The summed E-state index contributed by atoms with van der Waals surface area (Å²) >= 11 is 3.48. The maximum absolute atomic E-state index is 12.6. The molecule has 5 nitrogen and oxygen atoms in total. The van der Waals surface area contributed by atoms with Crippen LogP contribution >= 0.6 is 15.9 Å². The molecule has 0 bridgehead atoms. The minimum Gasteiger partial charge on any atom is -0.493 e. The van der Waals surface area contributed by atoms with Crippen molar-refractivity contribution in [1.29, 1.82) is 0 Å². The average Bonchev–Trinajstić information content (AvgIpc) is 2.66. The predicted molar refractivity (Wildman–Crippen MR) is 108 cm³/mol. The van der Waals surface area contributed by atoms with E-state index in [-0.39, 0.29) is 11.8 Å². The lowest BCUT2D eigenvalue weighted by atomic mass is 9.90. The third-order valence-electron chi connectivity index (χ3n) is 4.26. The van der Waals surface area contributed by atoms with Gasteiger partial charge < -0.3 is 15.4 Å². The van der Waals surface area contributed by atoms with Gasteiger partial charge in [-0.1, -0.05) is 53.2 Å². The Hall–Kier alpha value is -2.60. The van der Waals surface area contributed by atoms with E-state index in [1.54, 1.807) is 0 Å². The number of benzene rings is 2. The van der Waals surface area contributed by atoms with Crippen molar-refractivity contribution in [3.8, 4) is 5.75 Å². The van der Waals surface area contributed by atoms with Gasteiger partial charge in [-0.05, 0) is 37.1 Å². The van der Waals surface area contributed by atoms with E-state index in [1.807, 2.05) is 55.5 Å². The number of halogens is 1. The lowest BCUT2D eigenvalue weighted by Crippen LogP contribution is -2.44. The van der Waals surface area contributed by atoms with Gasteiger partial charge in [0.15, 0.2) is 5.78 Å². The Labute approximate surface area is 166 Å². The zero-order valence-corrected chi connectivity index (χ0v) is 16.8. The molecule has 0 saturated heterocycles. The Morgan fingerprint density at radius 2 is 1.93 bits per heavy atom. The van der Waals surface area contributed by atoms with Crippen molar-refractivity contribution in [2.75, 3.05) is 6.61 Å². The molecule has 0 saturated carbocycles. The highest BCUT2D eigenvalue weighted by Gasteiger charge is 2.33. The van der Waals surface area contributed by atoms with Crippen LogP contribution in [0.2, 0.25) is 0 Å². The Kier molecular flexibility index (Phi) is 5.96. The molecule has 0 aromatic heterocycles. The summed E-state index contributed by atoms with van der Waals surface area (Å²) in [6, 6.07) is 14.0. The zero-order valence-electron chi connectivity index (χ0n) is 15.2. The molecular weight excluding hydrogens is 408 g/mol. The summed E-state index contributed by atoms with van der Waals surface area (Å²) in [4.78, 5) is 25.0. The van der Waals surface area contributed by atoms with E-state index in [4.69, 9.17) is 4.74 Å². The summed E-state index contributed by atoms with van der Waals surface area (Å²) < 4.78 is 6.72. The van der Waals surface area contributed by atoms with E-state index in [9.17, 15) is 9.59 Å². The van der Waals surface area contributed by atoms with Gasteiger partial charge >= 0.3 is 6.03 Å². The van der Waals surface area contributed by atoms with Gasteiger partial charge in [-0.15, -0.1) is 0 Å². The summed E-state index contributed by atoms with van der Waals surface area (Å²) in [5, 5.41) is 5.68. The number of rotatable bonds is 6. The molecule has 0 radical (unpaired) electrons.